The van der Waals surface area contributed by atoms with E-state index in [0.29, 0.717) is 23.4 Å². The predicted molar refractivity (Wildman–Crippen MR) is 128 cm³/mol. The van der Waals surface area contributed by atoms with Crippen molar-refractivity contribution < 1.29 is 9.59 Å². The number of hydrogen-bond acceptors (Lipinski definition) is 3. The molecule has 0 radical (unpaired) electrons. The third-order valence-electron chi connectivity index (χ3n) is 6.30. The summed E-state index contributed by atoms with van der Waals surface area (Å²) in [6, 6.07) is 24.7. The van der Waals surface area contributed by atoms with Crippen molar-refractivity contribution in [3.63, 3.8) is 0 Å². The third-order valence-corrected chi connectivity index (χ3v) is 6.64. The first-order chi connectivity index (χ1) is 15.5. The quantitative estimate of drug-likeness (QED) is 0.509. The van der Waals surface area contributed by atoms with E-state index in [1.165, 1.54) is 6.92 Å². The maximum atomic E-state index is 13.7. The van der Waals surface area contributed by atoms with Crippen LogP contribution in [0.1, 0.15) is 42.9 Å². The van der Waals surface area contributed by atoms with Crippen LogP contribution in [0.4, 0.5) is 11.4 Å². The molecule has 0 saturated heterocycles. The number of amides is 1. The van der Waals surface area contributed by atoms with Crippen LogP contribution in [0.15, 0.2) is 90.1 Å². The monoisotopic (exact) mass is 442 g/mol. The lowest BCUT2D eigenvalue weighted by molar-refractivity contribution is -0.117. The van der Waals surface area contributed by atoms with Gasteiger partial charge in [-0.1, -0.05) is 72.3 Å². The fourth-order valence-corrected chi connectivity index (χ4v) is 5.13. The van der Waals surface area contributed by atoms with Crippen LogP contribution in [-0.4, -0.2) is 11.7 Å². The number of carbonyl (C=O) groups excluding carboxylic acids is 2. The second kappa shape index (κ2) is 8.29. The van der Waals surface area contributed by atoms with Crippen molar-refractivity contribution in [3.8, 4) is 0 Å². The molecule has 1 aliphatic carbocycles. The minimum atomic E-state index is -0.587. The van der Waals surface area contributed by atoms with Crippen LogP contribution in [0.3, 0.4) is 0 Å². The smallest absolute Gasteiger partial charge is 0.224 e. The summed E-state index contributed by atoms with van der Waals surface area (Å²) in [6.07, 6.45) is 1.08. The number of allylic oxidation sites excluding steroid dienone is 1. The molecule has 0 aromatic heterocycles. The van der Waals surface area contributed by atoms with Gasteiger partial charge in [-0.2, -0.15) is 0 Å². The Labute approximate surface area is 192 Å². The molecule has 5 rings (SSSR count). The average molecular weight is 443 g/mol. The van der Waals surface area contributed by atoms with E-state index in [1.807, 2.05) is 60.7 Å². The highest BCUT2D eigenvalue weighted by Crippen LogP contribution is 2.48. The molecule has 160 valence electrons. The first-order valence-corrected chi connectivity index (χ1v) is 11.1. The highest BCUT2D eigenvalue weighted by atomic mass is 35.5. The number of para-hydroxylation sites is 2. The summed E-state index contributed by atoms with van der Waals surface area (Å²) in [6.45, 7) is 1.53. The zero-order valence-electron chi connectivity index (χ0n) is 17.7. The van der Waals surface area contributed by atoms with E-state index in [4.69, 9.17) is 11.6 Å². The molecule has 4 nitrogen and oxygen atoms in total. The maximum absolute atomic E-state index is 13.7. The molecule has 3 aromatic carbocycles. The van der Waals surface area contributed by atoms with Crippen molar-refractivity contribution >= 4 is 34.7 Å². The molecule has 3 aromatic rings. The molecule has 0 unspecified atom stereocenters. The molecule has 32 heavy (non-hydrogen) atoms. The van der Waals surface area contributed by atoms with E-state index in [-0.39, 0.29) is 17.6 Å². The molecular formula is C27H23ClN2O2. The largest absolute Gasteiger partial charge is 0.357 e. The molecule has 1 N–H and O–H groups in total. The lowest BCUT2D eigenvalue weighted by atomic mass is 9.78. The Morgan fingerprint density at radius 2 is 1.62 bits per heavy atom. The fraction of sp³-hybridized carbons (Fsp3) is 0.185. The Morgan fingerprint density at radius 1 is 0.938 bits per heavy atom. The first-order valence-electron chi connectivity index (χ1n) is 10.8. The molecule has 0 spiro atoms. The molecule has 0 fully saturated rings. The summed E-state index contributed by atoms with van der Waals surface area (Å²) in [7, 11) is 0. The zero-order chi connectivity index (χ0) is 22.2. The number of hydrogen-bond donors (Lipinski definition) is 1. The van der Waals surface area contributed by atoms with Crippen molar-refractivity contribution in [1.82, 2.24) is 0 Å². The van der Waals surface area contributed by atoms with Crippen molar-refractivity contribution in [2.45, 2.75) is 31.7 Å². The van der Waals surface area contributed by atoms with Crippen molar-refractivity contribution in [2.24, 2.45) is 0 Å². The number of anilines is 2. The first kappa shape index (κ1) is 20.5. The second-order valence-corrected chi connectivity index (χ2v) is 8.69. The minimum Gasteiger partial charge on any atom is -0.357 e. The third kappa shape index (κ3) is 3.51. The second-order valence-electron chi connectivity index (χ2n) is 8.29. The van der Waals surface area contributed by atoms with Gasteiger partial charge in [0.1, 0.15) is 0 Å². The Balaban J connectivity index is 1.73. The van der Waals surface area contributed by atoms with Gasteiger partial charge in [0, 0.05) is 29.6 Å². The summed E-state index contributed by atoms with van der Waals surface area (Å²) < 4.78 is 0. The van der Waals surface area contributed by atoms with Crippen LogP contribution < -0.4 is 10.2 Å². The van der Waals surface area contributed by atoms with E-state index >= 15 is 0 Å². The van der Waals surface area contributed by atoms with E-state index in [2.05, 4.69) is 17.4 Å². The Kier molecular flexibility index (Phi) is 5.32. The molecule has 1 heterocycles. The van der Waals surface area contributed by atoms with E-state index in [1.54, 1.807) is 11.0 Å². The lowest BCUT2D eigenvalue weighted by Crippen LogP contribution is -2.37. The molecule has 1 amide bonds. The van der Waals surface area contributed by atoms with E-state index < -0.39 is 6.04 Å². The molecule has 0 bridgehead atoms. The Hall–Kier alpha value is -3.37. The number of carbonyl (C=O) groups is 2. The summed E-state index contributed by atoms with van der Waals surface area (Å²) in [5, 5.41) is 4.05. The number of halogens is 1. The summed E-state index contributed by atoms with van der Waals surface area (Å²) in [5.74, 6) is -0.0228. The van der Waals surface area contributed by atoms with Crippen LogP contribution >= 0.6 is 11.6 Å². The fourth-order valence-electron chi connectivity index (χ4n) is 4.89. The summed E-state index contributed by atoms with van der Waals surface area (Å²) in [4.78, 5) is 28.4. The van der Waals surface area contributed by atoms with Gasteiger partial charge in [0.2, 0.25) is 5.91 Å². The molecule has 1 aliphatic heterocycles. The highest BCUT2D eigenvalue weighted by molar-refractivity contribution is 6.31. The van der Waals surface area contributed by atoms with Crippen molar-refractivity contribution in [1.29, 1.82) is 0 Å². The van der Waals surface area contributed by atoms with E-state index in [9.17, 15) is 9.59 Å². The van der Waals surface area contributed by atoms with Crippen LogP contribution in [0.5, 0.6) is 0 Å². The molecule has 2 aliphatic rings. The van der Waals surface area contributed by atoms with Gasteiger partial charge in [-0.25, -0.2) is 0 Å². The van der Waals surface area contributed by atoms with Crippen molar-refractivity contribution in [2.75, 3.05) is 10.2 Å². The van der Waals surface area contributed by atoms with Gasteiger partial charge in [0.25, 0.3) is 0 Å². The van der Waals surface area contributed by atoms with Crippen molar-refractivity contribution in [3.05, 3.63) is 106 Å². The van der Waals surface area contributed by atoms with Gasteiger partial charge in [-0.05, 0) is 41.7 Å². The van der Waals surface area contributed by atoms with Gasteiger partial charge < -0.3 is 5.32 Å². The lowest BCUT2D eigenvalue weighted by Gasteiger charge is -2.35. The maximum Gasteiger partial charge on any atom is 0.224 e. The topological polar surface area (TPSA) is 49.4 Å². The number of ketones is 1. The van der Waals surface area contributed by atoms with Gasteiger partial charge >= 0.3 is 0 Å². The molecule has 0 saturated carbocycles. The average Bonchev–Trinajstić information content (AvgIpc) is 2.94. The molecule has 5 heteroatoms. The summed E-state index contributed by atoms with van der Waals surface area (Å²) in [5.41, 5.74) is 4.92. The van der Waals surface area contributed by atoms with Crippen LogP contribution in [0.25, 0.3) is 0 Å². The Morgan fingerprint density at radius 3 is 2.38 bits per heavy atom. The van der Waals surface area contributed by atoms with Crippen LogP contribution in [-0.2, 0) is 9.59 Å². The number of nitrogens with one attached hydrogen (secondary N) is 1. The highest BCUT2D eigenvalue weighted by Gasteiger charge is 2.41. The van der Waals surface area contributed by atoms with Gasteiger partial charge in [-0.3, -0.25) is 14.5 Å². The Bertz CT molecular complexity index is 1240. The van der Waals surface area contributed by atoms with Gasteiger partial charge in [-0.15, -0.1) is 0 Å². The van der Waals surface area contributed by atoms with Gasteiger partial charge in [0.15, 0.2) is 5.78 Å². The number of benzene rings is 3. The number of Topliss-reactive ketones (excluding diaryl/α,β-unsaturated/α-hetero) is 1. The summed E-state index contributed by atoms with van der Waals surface area (Å²) >= 11 is 6.62. The molecular weight excluding hydrogens is 420 g/mol. The standard InChI is InChI=1S/C27H23ClN2O2/c1-17(31)30-24-14-8-7-13-22(24)29-23-15-19(18-9-3-2-4-10-18)16-25(32)26(23)27(30)20-11-5-6-12-21(20)28/h2-14,19,27,29H,15-16H2,1H3/t19-,27-/m1/s1. The van der Waals surface area contributed by atoms with E-state index in [0.717, 1.165) is 28.2 Å². The number of nitrogens with zero attached hydrogens (tertiary/aromatic N) is 1. The van der Waals surface area contributed by atoms with Gasteiger partial charge in [0.05, 0.1) is 17.4 Å². The zero-order valence-corrected chi connectivity index (χ0v) is 18.5. The predicted octanol–water partition coefficient (Wildman–Crippen LogP) is 6.26. The SMILES string of the molecule is CC(=O)N1c2ccccc2NC2=C(C(=O)C[C@H](c3ccccc3)C2)[C@H]1c1ccccc1Cl. The number of fused-ring (bicyclic) bond motifs is 1. The normalized spacial score (nSPS) is 20.2. The molecule has 2 atom stereocenters. The van der Waals surface area contributed by atoms with Crippen LogP contribution in [0.2, 0.25) is 5.02 Å². The number of rotatable bonds is 2. The van der Waals surface area contributed by atoms with Crippen LogP contribution in [0, 0.1) is 0 Å². The minimum absolute atomic E-state index is 0.0385.